The van der Waals surface area contributed by atoms with E-state index in [1.807, 2.05) is 0 Å². The van der Waals surface area contributed by atoms with E-state index in [0.29, 0.717) is 11.8 Å². The van der Waals surface area contributed by atoms with Crippen molar-refractivity contribution in [1.82, 2.24) is 0 Å². The molecule has 0 atom stereocenters. The normalized spacial score (nSPS) is 23.9. The van der Waals surface area contributed by atoms with Crippen LogP contribution in [0.2, 0.25) is 0 Å². The molecule has 0 aliphatic heterocycles. The Bertz CT molecular complexity index is 237. The van der Waals surface area contributed by atoms with Gasteiger partial charge in [0, 0.05) is 0 Å². The summed E-state index contributed by atoms with van der Waals surface area (Å²) in [4.78, 5) is 12.1. The summed E-state index contributed by atoms with van der Waals surface area (Å²) >= 11 is 0. The number of carbonyl (C=O) groups is 1. The number of esters is 1. The van der Waals surface area contributed by atoms with Crippen LogP contribution in [0.4, 0.5) is 0 Å². The first kappa shape index (κ1) is 11.9. The average Bonchev–Trinajstić information content (AvgIpc) is 2.98. The lowest BCUT2D eigenvalue weighted by atomic mass is 9.72. The third kappa shape index (κ3) is 1.86. The van der Waals surface area contributed by atoms with Crippen LogP contribution < -0.4 is 5.73 Å². The second kappa shape index (κ2) is 4.74. The van der Waals surface area contributed by atoms with Crippen molar-refractivity contribution in [3.8, 4) is 0 Å². The zero-order chi connectivity index (χ0) is 11.6. The molecule has 2 aliphatic carbocycles. The molecule has 2 fully saturated rings. The molecule has 0 heterocycles. The lowest BCUT2D eigenvalue weighted by molar-refractivity contribution is -0.152. The number of carbonyl (C=O) groups excluding carboxylic acids is 1. The van der Waals surface area contributed by atoms with Gasteiger partial charge in [-0.25, -0.2) is 0 Å². The van der Waals surface area contributed by atoms with E-state index in [1.54, 1.807) is 0 Å². The lowest BCUT2D eigenvalue weighted by Gasteiger charge is -2.37. The van der Waals surface area contributed by atoms with E-state index in [9.17, 15) is 4.79 Å². The number of methoxy groups -OCH3 is 1. The maximum absolute atomic E-state index is 12.1. The van der Waals surface area contributed by atoms with Gasteiger partial charge in [0.1, 0.15) is 5.54 Å². The Labute approximate surface area is 97.7 Å². The highest BCUT2D eigenvalue weighted by atomic mass is 16.5. The molecule has 3 nitrogen and oxygen atoms in total. The quantitative estimate of drug-likeness (QED) is 0.749. The third-order valence-corrected chi connectivity index (χ3v) is 4.60. The molecule has 0 spiro atoms. The smallest absolute Gasteiger partial charge is 0.326 e. The monoisotopic (exact) mass is 225 g/mol. The molecular weight excluding hydrogens is 202 g/mol. The Morgan fingerprint density at radius 2 is 1.44 bits per heavy atom. The van der Waals surface area contributed by atoms with E-state index in [2.05, 4.69) is 0 Å². The minimum atomic E-state index is -0.693. The van der Waals surface area contributed by atoms with E-state index in [-0.39, 0.29) is 5.97 Å². The minimum absolute atomic E-state index is 0.175. The molecule has 2 saturated carbocycles. The fraction of sp³-hybridized carbons (Fsp3) is 0.923. The van der Waals surface area contributed by atoms with Crippen LogP contribution in [0, 0.1) is 11.8 Å². The van der Waals surface area contributed by atoms with E-state index in [0.717, 1.165) is 25.7 Å². The van der Waals surface area contributed by atoms with Gasteiger partial charge in [-0.3, -0.25) is 4.79 Å². The molecule has 0 amide bonds. The Morgan fingerprint density at radius 3 is 1.75 bits per heavy atom. The van der Waals surface area contributed by atoms with Crippen molar-refractivity contribution in [2.45, 2.75) is 56.9 Å². The molecular formula is C13H23NO2. The molecule has 0 aromatic heterocycles. The molecule has 0 radical (unpaired) electrons. The summed E-state index contributed by atoms with van der Waals surface area (Å²) in [5.74, 6) is 0.525. The lowest BCUT2D eigenvalue weighted by Crippen LogP contribution is -2.58. The SMILES string of the molecule is COC(=O)C(N)(C1CCCC1)C1CCCC1. The summed E-state index contributed by atoms with van der Waals surface area (Å²) in [5.41, 5.74) is 5.80. The Hall–Kier alpha value is -0.570. The molecule has 0 bridgehead atoms. The average molecular weight is 225 g/mol. The molecule has 0 aromatic rings. The first-order valence-electron chi connectivity index (χ1n) is 6.57. The van der Waals surface area contributed by atoms with E-state index in [4.69, 9.17) is 10.5 Å². The Morgan fingerprint density at radius 1 is 1.06 bits per heavy atom. The molecule has 2 rings (SSSR count). The zero-order valence-electron chi connectivity index (χ0n) is 10.2. The van der Waals surface area contributed by atoms with Crippen molar-refractivity contribution in [2.75, 3.05) is 7.11 Å². The number of ether oxygens (including phenoxy) is 1. The second-order valence-electron chi connectivity index (χ2n) is 5.39. The van der Waals surface area contributed by atoms with Crippen molar-refractivity contribution >= 4 is 5.97 Å². The van der Waals surface area contributed by atoms with Crippen molar-refractivity contribution in [2.24, 2.45) is 17.6 Å². The van der Waals surface area contributed by atoms with Crippen LogP contribution in [0.1, 0.15) is 51.4 Å². The Balaban J connectivity index is 2.19. The van der Waals surface area contributed by atoms with Crippen LogP contribution in [0.25, 0.3) is 0 Å². The van der Waals surface area contributed by atoms with Gasteiger partial charge in [0.25, 0.3) is 0 Å². The molecule has 3 heteroatoms. The molecule has 92 valence electrons. The van der Waals surface area contributed by atoms with Gasteiger partial charge >= 0.3 is 5.97 Å². The first-order valence-corrected chi connectivity index (χ1v) is 6.57. The maximum Gasteiger partial charge on any atom is 0.326 e. The van der Waals surface area contributed by atoms with Gasteiger partial charge in [0.2, 0.25) is 0 Å². The molecule has 0 aromatic carbocycles. The van der Waals surface area contributed by atoms with Crippen molar-refractivity contribution < 1.29 is 9.53 Å². The predicted molar refractivity (Wildman–Crippen MR) is 62.9 cm³/mol. The third-order valence-electron chi connectivity index (χ3n) is 4.60. The number of hydrogen-bond acceptors (Lipinski definition) is 3. The zero-order valence-corrected chi connectivity index (χ0v) is 10.2. The van der Waals surface area contributed by atoms with Gasteiger partial charge in [-0.05, 0) is 37.5 Å². The Kier molecular flexibility index (Phi) is 3.53. The largest absolute Gasteiger partial charge is 0.468 e. The molecule has 2 N–H and O–H groups in total. The maximum atomic E-state index is 12.1. The number of nitrogens with two attached hydrogens (primary N) is 1. The summed E-state index contributed by atoms with van der Waals surface area (Å²) in [6, 6.07) is 0. The van der Waals surface area contributed by atoms with Crippen molar-refractivity contribution in [3.05, 3.63) is 0 Å². The minimum Gasteiger partial charge on any atom is -0.468 e. The van der Waals surface area contributed by atoms with Crippen LogP contribution >= 0.6 is 0 Å². The van der Waals surface area contributed by atoms with Gasteiger partial charge in [-0.2, -0.15) is 0 Å². The summed E-state index contributed by atoms with van der Waals surface area (Å²) < 4.78 is 4.98. The summed E-state index contributed by atoms with van der Waals surface area (Å²) in [6.45, 7) is 0. The molecule has 2 aliphatic rings. The first-order chi connectivity index (χ1) is 7.69. The second-order valence-corrected chi connectivity index (χ2v) is 5.39. The van der Waals surface area contributed by atoms with Crippen LogP contribution in [-0.4, -0.2) is 18.6 Å². The van der Waals surface area contributed by atoms with Gasteiger partial charge in [-0.1, -0.05) is 25.7 Å². The summed E-state index contributed by atoms with van der Waals surface area (Å²) in [5, 5.41) is 0. The van der Waals surface area contributed by atoms with Gasteiger partial charge in [0.05, 0.1) is 7.11 Å². The topological polar surface area (TPSA) is 52.3 Å². The van der Waals surface area contributed by atoms with Crippen molar-refractivity contribution in [3.63, 3.8) is 0 Å². The van der Waals surface area contributed by atoms with E-state index >= 15 is 0 Å². The fourth-order valence-electron chi connectivity index (χ4n) is 3.65. The fourth-order valence-corrected chi connectivity index (χ4v) is 3.65. The summed E-state index contributed by atoms with van der Waals surface area (Å²) in [7, 11) is 1.47. The van der Waals surface area contributed by atoms with Gasteiger partial charge < -0.3 is 10.5 Å². The standard InChI is InChI=1S/C13H23NO2/c1-16-12(15)13(14,10-6-2-3-7-10)11-8-4-5-9-11/h10-11H,2-9,14H2,1H3. The van der Waals surface area contributed by atoms with Crippen LogP contribution in [0.3, 0.4) is 0 Å². The van der Waals surface area contributed by atoms with Crippen LogP contribution in [-0.2, 0) is 9.53 Å². The van der Waals surface area contributed by atoms with E-state index < -0.39 is 5.54 Å². The highest BCUT2D eigenvalue weighted by molar-refractivity contribution is 5.81. The van der Waals surface area contributed by atoms with Crippen molar-refractivity contribution in [1.29, 1.82) is 0 Å². The highest BCUT2D eigenvalue weighted by Gasteiger charge is 2.50. The van der Waals surface area contributed by atoms with Crippen LogP contribution in [0.15, 0.2) is 0 Å². The van der Waals surface area contributed by atoms with E-state index in [1.165, 1.54) is 32.8 Å². The molecule has 0 unspecified atom stereocenters. The highest BCUT2D eigenvalue weighted by Crippen LogP contribution is 2.43. The van der Waals surface area contributed by atoms with Gasteiger partial charge in [-0.15, -0.1) is 0 Å². The number of rotatable bonds is 3. The van der Waals surface area contributed by atoms with Gasteiger partial charge in [0.15, 0.2) is 0 Å². The molecule has 0 saturated heterocycles. The molecule has 16 heavy (non-hydrogen) atoms. The van der Waals surface area contributed by atoms with Crippen LogP contribution in [0.5, 0.6) is 0 Å². The summed E-state index contributed by atoms with van der Waals surface area (Å²) in [6.07, 6.45) is 9.26. The predicted octanol–water partition coefficient (Wildman–Crippen LogP) is 2.24. The number of hydrogen-bond donors (Lipinski definition) is 1.